The number of hydrogen-bond donors (Lipinski definition) is 2. The van der Waals surface area contributed by atoms with E-state index in [0.717, 1.165) is 16.8 Å². The van der Waals surface area contributed by atoms with E-state index in [4.69, 9.17) is 9.47 Å². The predicted octanol–water partition coefficient (Wildman–Crippen LogP) is 5.27. The van der Waals surface area contributed by atoms with E-state index in [1.165, 1.54) is 4.90 Å². The Labute approximate surface area is 172 Å². The van der Waals surface area contributed by atoms with Crippen LogP contribution in [0.2, 0.25) is 0 Å². The molecule has 0 fully saturated rings. The fourth-order valence-electron chi connectivity index (χ4n) is 2.72. The second kappa shape index (κ2) is 9.73. The minimum Gasteiger partial charge on any atom is -0.493 e. The number of amides is 2. The Balaban J connectivity index is 1.87. The van der Waals surface area contributed by atoms with Gasteiger partial charge in [0.2, 0.25) is 0 Å². The highest BCUT2D eigenvalue weighted by molar-refractivity contribution is 8.00. The molecule has 6 heteroatoms. The molecular formula is C22H30N2O3S. The van der Waals surface area contributed by atoms with Crippen molar-refractivity contribution in [3.8, 4) is 11.5 Å². The minimum absolute atomic E-state index is 0.156. The average molecular weight is 403 g/mol. The first-order valence-electron chi connectivity index (χ1n) is 9.27. The standard InChI is InChI=1S/C22H30N2O3S/c1-15-13-17(28-22(2,3)4)8-9-18(15)24-21(25)23-12-11-16-7-10-19(26-5)20(14-16)27-6/h7-10,13-14H,11-12H2,1-6H3,(H2,23,24,25). The van der Waals surface area contributed by atoms with Crippen LogP contribution >= 0.6 is 11.8 Å². The molecule has 0 aliphatic rings. The number of carbonyl (C=O) groups is 1. The van der Waals surface area contributed by atoms with E-state index in [2.05, 4.69) is 37.5 Å². The Morgan fingerprint density at radius 1 is 1.04 bits per heavy atom. The van der Waals surface area contributed by atoms with Gasteiger partial charge in [0.1, 0.15) is 0 Å². The summed E-state index contributed by atoms with van der Waals surface area (Å²) in [6.07, 6.45) is 0.702. The quantitative estimate of drug-likeness (QED) is 0.620. The van der Waals surface area contributed by atoms with Crippen LogP contribution in [-0.4, -0.2) is 31.5 Å². The van der Waals surface area contributed by atoms with Crippen molar-refractivity contribution in [1.82, 2.24) is 5.32 Å². The van der Waals surface area contributed by atoms with Gasteiger partial charge in [0, 0.05) is 21.9 Å². The summed E-state index contributed by atoms with van der Waals surface area (Å²) in [6, 6.07) is 11.7. The lowest BCUT2D eigenvalue weighted by molar-refractivity contribution is 0.252. The molecule has 2 amide bonds. The number of rotatable bonds is 7. The summed E-state index contributed by atoms with van der Waals surface area (Å²) in [5, 5.41) is 5.82. The lowest BCUT2D eigenvalue weighted by Crippen LogP contribution is -2.30. The van der Waals surface area contributed by atoms with E-state index >= 15 is 0 Å². The maximum atomic E-state index is 12.2. The number of urea groups is 1. The number of nitrogens with one attached hydrogen (secondary N) is 2. The molecule has 0 radical (unpaired) electrons. The van der Waals surface area contributed by atoms with Gasteiger partial charge in [0.25, 0.3) is 0 Å². The summed E-state index contributed by atoms with van der Waals surface area (Å²) in [5.74, 6) is 1.38. The minimum atomic E-state index is -0.209. The number of carbonyl (C=O) groups excluding carboxylic acids is 1. The number of methoxy groups -OCH3 is 2. The predicted molar refractivity (Wildman–Crippen MR) is 117 cm³/mol. The van der Waals surface area contributed by atoms with Gasteiger partial charge in [-0.15, -0.1) is 11.8 Å². The van der Waals surface area contributed by atoms with Crippen LogP contribution in [0.25, 0.3) is 0 Å². The van der Waals surface area contributed by atoms with Gasteiger partial charge in [-0.3, -0.25) is 0 Å². The van der Waals surface area contributed by atoms with Crippen LogP contribution in [0.4, 0.5) is 10.5 Å². The molecule has 2 N–H and O–H groups in total. The van der Waals surface area contributed by atoms with Crippen molar-refractivity contribution in [3.63, 3.8) is 0 Å². The van der Waals surface area contributed by atoms with Crippen molar-refractivity contribution in [1.29, 1.82) is 0 Å². The molecule has 0 heterocycles. The third-order valence-electron chi connectivity index (χ3n) is 4.02. The average Bonchev–Trinajstić information content (AvgIpc) is 2.62. The van der Waals surface area contributed by atoms with E-state index < -0.39 is 0 Å². The summed E-state index contributed by atoms with van der Waals surface area (Å²) >= 11 is 1.81. The molecule has 0 saturated heterocycles. The number of ether oxygens (including phenoxy) is 2. The molecule has 0 aliphatic carbocycles. The molecular weight excluding hydrogens is 372 g/mol. The smallest absolute Gasteiger partial charge is 0.319 e. The summed E-state index contributed by atoms with van der Waals surface area (Å²) in [5.41, 5.74) is 2.93. The second-order valence-corrected chi connectivity index (χ2v) is 9.41. The Bertz CT molecular complexity index is 816. The summed E-state index contributed by atoms with van der Waals surface area (Å²) in [7, 11) is 3.22. The molecule has 0 atom stereocenters. The third kappa shape index (κ3) is 6.68. The fourth-order valence-corrected chi connectivity index (χ4v) is 3.80. The van der Waals surface area contributed by atoms with Gasteiger partial charge in [-0.25, -0.2) is 4.79 Å². The Morgan fingerprint density at radius 3 is 2.36 bits per heavy atom. The Kier molecular flexibility index (Phi) is 7.63. The SMILES string of the molecule is COc1ccc(CCNC(=O)Nc2ccc(SC(C)(C)C)cc2C)cc1OC. The molecule has 152 valence electrons. The number of thioether (sulfide) groups is 1. The normalized spacial score (nSPS) is 11.1. The largest absolute Gasteiger partial charge is 0.493 e. The molecule has 28 heavy (non-hydrogen) atoms. The van der Waals surface area contributed by atoms with Crippen molar-refractivity contribution in [2.24, 2.45) is 0 Å². The maximum absolute atomic E-state index is 12.2. The highest BCUT2D eigenvalue weighted by Crippen LogP contribution is 2.33. The van der Waals surface area contributed by atoms with Crippen molar-refractivity contribution in [2.45, 2.75) is 43.8 Å². The van der Waals surface area contributed by atoms with E-state index in [1.807, 2.05) is 49.0 Å². The van der Waals surface area contributed by atoms with Crippen LogP contribution < -0.4 is 20.1 Å². The molecule has 0 aliphatic heterocycles. The van der Waals surface area contributed by atoms with E-state index in [-0.39, 0.29) is 10.8 Å². The van der Waals surface area contributed by atoms with Gasteiger partial charge < -0.3 is 20.1 Å². The summed E-state index contributed by atoms with van der Waals surface area (Å²) in [4.78, 5) is 13.4. The molecule has 2 aromatic carbocycles. The van der Waals surface area contributed by atoms with Crippen LogP contribution in [-0.2, 0) is 6.42 Å². The molecule has 2 aromatic rings. The Morgan fingerprint density at radius 2 is 1.75 bits per heavy atom. The van der Waals surface area contributed by atoms with Crippen LogP contribution in [0.3, 0.4) is 0 Å². The van der Waals surface area contributed by atoms with Crippen LogP contribution in [0, 0.1) is 6.92 Å². The van der Waals surface area contributed by atoms with Crippen LogP contribution in [0.5, 0.6) is 11.5 Å². The molecule has 0 bridgehead atoms. The van der Waals surface area contributed by atoms with Gasteiger partial charge in [-0.05, 0) is 54.8 Å². The zero-order chi connectivity index (χ0) is 20.7. The first-order valence-corrected chi connectivity index (χ1v) is 10.1. The number of anilines is 1. The monoisotopic (exact) mass is 402 g/mol. The fraction of sp³-hybridized carbons (Fsp3) is 0.409. The van der Waals surface area contributed by atoms with Gasteiger partial charge in [0.15, 0.2) is 11.5 Å². The van der Waals surface area contributed by atoms with Crippen molar-refractivity contribution >= 4 is 23.5 Å². The summed E-state index contributed by atoms with van der Waals surface area (Å²) in [6.45, 7) is 9.09. The molecule has 0 unspecified atom stereocenters. The molecule has 0 aromatic heterocycles. The van der Waals surface area contributed by atoms with Gasteiger partial charge >= 0.3 is 6.03 Å². The maximum Gasteiger partial charge on any atom is 0.319 e. The van der Waals surface area contributed by atoms with E-state index in [1.54, 1.807) is 14.2 Å². The topological polar surface area (TPSA) is 59.6 Å². The second-order valence-electron chi connectivity index (χ2n) is 7.51. The molecule has 0 saturated carbocycles. The van der Waals surface area contributed by atoms with Gasteiger partial charge in [0.05, 0.1) is 14.2 Å². The lowest BCUT2D eigenvalue weighted by atomic mass is 10.1. The van der Waals surface area contributed by atoms with Gasteiger partial charge in [-0.2, -0.15) is 0 Å². The lowest BCUT2D eigenvalue weighted by Gasteiger charge is -2.18. The van der Waals surface area contributed by atoms with Crippen molar-refractivity contribution in [3.05, 3.63) is 47.5 Å². The first kappa shape index (κ1) is 22.0. The van der Waals surface area contributed by atoms with Gasteiger partial charge in [-0.1, -0.05) is 26.8 Å². The zero-order valence-electron chi connectivity index (χ0n) is 17.5. The number of benzene rings is 2. The molecule has 5 nitrogen and oxygen atoms in total. The highest BCUT2D eigenvalue weighted by Gasteiger charge is 2.13. The van der Waals surface area contributed by atoms with E-state index in [0.29, 0.717) is 24.5 Å². The van der Waals surface area contributed by atoms with E-state index in [9.17, 15) is 4.79 Å². The molecule has 2 rings (SSSR count). The number of aryl methyl sites for hydroxylation is 1. The van der Waals surface area contributed by atoms with Crippen molar-refractivity contribution in [2.75, 3.05) is 26.1 Å². The zero-order valence-corrected chi connectivity index (χ0v) is 18.3. The third-order valence-corrected chi connectivity index (χ3v) is 5.12. The first-order chi connectivity index (χ1) is 13.2. The van der Waals surface area contributed by atoms with Crippen molar-refractivity contribution < 1.29 is 14.3 Å². The van der Waals surface area contributed by atoms with Crippen LogP contribution in [0.15, 0.2) is 41.3 Å². The summed E-state index contributed by atoms with van der Waals surface area (Å²) < 4.78 is 10.7. The highest BCUT2D eigenvalue weighted by atomic mass is 32.2. The molecule has 0 spiro atoms. The number of hydrogen-bond acceptors (Lipinski definition) is 4. The Hall–Kier alpha value is -2.34. The van der Waals surface area contributed by atoms with Crippen LogP contribution in [0.1, 0.15) is 31.9 Å².